The average Bonchev–Trinajstić information content (AvgIpc) is 3.11. The second-order valence-corrected chi connectivity index (χ2v) is 7.73. The van der Waals surface area contributed by atoms with Crippen LogP contribution in [0.25, 0.3) is 0 Å². The molecule has 164 valence electrons. The highest BCUT2D eigenvalue weighted by Gasteiger charge is 2.28. The van der Waals surface area contributed by atoms with E-state index >= 15 is 0 Å². The average molecular weight is 458 g/mol. The fraction of sp³-hybridized carbons (Fsp3) is 0.174. The lowest BCUT2D eigenvalue weighted by Crippen LogP contribution is -2.22. The van der Waals surface area contributed by atoms with Crippen molar-refractivity contribution in [1.82, 2.24) is 5.43 Å². The third-order valence-electron chi connectivity index (χ3n) is 5.09. The number of benzene rings is 2. The summed E-state index contributed by atoms with van der Waals surface area (Å²) in [6.07, 6.45) is 1.89. The minimum atomic E-state index is -0.890. The normalized spacial score (nSPS) is 14.2. The fourth-order valence-corrected chi connectivity index (χ4v) is 3.77. The van der Waals surface area contributed by atoms with Crippen molar-refractivity contribution in [2.24, 2.45) is 5.10 Å². The number of halogens is 3. The van der Waals surface area contributed by atoms with Gasteiger partial charge in [0.1, 0.15) is 17.4 Å². The molecule has 0 atom stereocenters. The SMILES string of the molecule is Cc1c(C(=O)Nc2ccc(F)cc2F)oc2c1/C(=N/NC(=O)c1cccc(Cl)c1)CCC2. The van der Waals surface area contributed by atoms with Gasteiger partial charge < -0.3 is 9.73 Å². The van der Waals surface area contributed by atoms with Gasteiger partial charge in [-0.2, -0.15) is 5.10 Å². The molecule has 1 heterocycles. The number of carbonyl (C=O) groups excluding carboxylic acids is 2. The van der Waals surface area contributed by atoms with Crippen LogP contribution in [-0.4, -0.2) is 17.5 Å². The Bertz CT molecular complexity index is 1250. The Morgan fingerprint density at radius 2 is 1.91 bits per heavy atom. The maximum Gasteiger partial charge on any atom is 0.291 e. The number of nitrogens with zero attached hydrogens (tertiary/aromatic N) is 1. The van der Waals surface area contributed by atoms with Gasteiger partial charge in [0, 0.05) is 34.2 Å². The molecule has 0 aliphatic heterocycles. The minimum absolute atomic E-state index is 0.00879. The monoisotopic (exact) mass is 457 g/mol. The second-order valence-electron chi connectivity index (χ2n) is 7.30. The smallest absolute Gasteiger partial charge is 0.291 e. The van der Waals surface area contributed by atoms with Crippen molar-refractivity contribution in [1.29, 1.82) is 0 Å². The van der Waals surface area contributed by atoms with Gasteiger partial charge in [-0.1, -0.05) is 17.7 Å². The van der Waals surface area contributed by atoms with Crippen LogP contribution in [0.2, 0.25) is 5.02 Å². The Kier molecular flexibility index (Phi) is 6.05. The summed E-state index contributed by atoms with van der Waals surface area (Å²) >= 11 is 5.93. The van der Waals surface area contributed by atoms with E-state index in [1.54, 1.807) is 25.1 Å². The highest BCUT2D eigenvalue weighted by Crippen LogP contribution is 2.30. The standard InChI is InChI=1S/C23H18ClF2N3O3/c1-12-20-18(28-29-22(30)13-4-2-5-14(24)10-13)6-3-7-19(20)32-21(12)23(31)27-17-9-8-15(25)11-16(17)26/h2,4-5,8-11H,3,6-7H2,1H3,(H,27,31)(H,29,30)/b28-18+. The zero-order valence-corrected chi connectivity index (χ0v) is 17.7. The fourth-order valence-electron chi connectivity index (χ4n) is 3.58. The van der Waals surface area contributed by atoms with E-state index in [1.807, 2.05) is 0 Å². The lowest BCUT2D eigenvalue weighted by Gasteiger charge is -2.13. The molecule has 0 radical (unpaired) electrons. The number of hydrogen-bond acceptors (Lipinski definition) is 4. The largest absolute Gasteiger partial charge is 0.455 e. The summed E-state index contributed by atoms with van der Waals surface area (Å²) in [7, 11) is 0. The van der Waals surface area contributed by atoms with Crippen molar-refractivity contribution in [2.45, 2.75) is 26.2 Å². The molecule has 2 N–H and O–H groups in total. The molecule has 2 aromatic carbocycles. The third kappa shape index (κ3) is 4.40. The van der Waals surface area contributed by atoms with Crippen LogP contribution in [0.5, 0.6) is 0 Å². The number of amides is 2. The molecular formula is C23H18ClF2N3O3. The molecule has 4 rings (SSSR count). The Hall–Kier alpha value is -3.52. The van der Waals surface area contributed by atoms with E-state index in [0.29, 0.717) is 52.1 Å². The van der Waals surface area contributed by atoms with Crippen LogP contribution in [0.15, 0.2) is 52.0 Å². The summed E-state index contributed by atoms with van der Waals surface area (Å²) < 4.78 is 32.8. The predicted octanol–water partition coefficient (Wildman–Crippen LogP) is 5.24. The summed E-state index contributed by atoms with van der Waals surface area (Å²) in [4.78, 5) is 25.1. The van der Waals surface area contributed by atoms with Gasteiger partial charge in [0.25, 0.3) is 11.8 Å². The van der Waals surface area contributed by atoms with Crippen molar-refractivity contribution >= 4 is 34.8 Å². The molecule has 1 aliphatic carbocycles. The van der Waals surface area contributed by atoms with Gasteiger partial charge in [-0.25, -0.2) is 14.2 Å². The van der Waals surface area contributed by atoms with Crippen molar-refractivity contribution < 1.29 is 22.8 Å². The number of hydrazone groups is 1. The lowest BCUT2D eigenvalue weighted by molar-refractivity contribution is 0.0953. The number of nitrogens with one attached hydrogen (secondary N) is 2. The highest BCUT2D eigenvalue weighted by molar-refractivity contribution is 6.31. The maximum atomic E-state index is 13.9. The van der Waals surface area contributed by atoms with Gasteiger partial charge in [-0.3, -0.25) is 9.59 Å². The highest BCUT2D eigenvalue weighted by atomic mass is 35.5. The van der Waals surface area contributed by atoms with Crippen molar-refractivity contribution in [3.63, 3.8) is 0 Å². The molecule has 1 aliphatic rings. The summed E-state index contributed by atoms with van der Waals surface area (Å²) in [6.45, 7) is 1.69. The van der Waals surface area contributed by atoms with Crippen LogP contribution < -0.4 is 10.7 Å². The van der Waals surface area contributed by atoms with Crippen molar-refractivity contribution in [3.05, 3.63) is 87.3 Å². The van der Waals surface area contributed by atoms with Crippen LogP contribution in [0.1, 0.15) is 50.6 Å². The van der Waals surface area contributed by atoms with E-state index in [0.717, 1.165) is 18.6 Å². The molecule has 6 nitrogen and oxygen atoms in total. The lowest BCUT2D eigenvalue weighted by atomic mass is 9.93. The van der Waals surface area contributed by atoms with E-state index in [2.05, 4.69) is 15.8 Å². The number of fused-ring (bicyclic) bond motifs is 1. The summed E-state index contributed by atoms with van der Waals surface area (Å²) in [6, 6.07) is 9.35. The summed E-state index contributed by atoms with van der Waals surface area (Å²) in [5.74, 6) is -2.14. The van der Waals surface area contributed by atoms with Gasteiger partial charge in [0.05, 0.1) is 11.4 Å². The molecule has 0 saturated carbocycles. The van der Waals surface area contributed by atoms with Crippen LogP contribution in [-0.2, 0) is 6.42 Å². The van der Waals surface area contributed by atoms with Gasteiger partial charge >= 0.3 is 0 Å². The van der Waals surface area contributed by atoms with E-state index < -0.39 is 23.4 Å². The first kappa shape index (κ1) is 21.7. The molecule has 2 amide bonds. The van der Waals surface area contributed by atoms with Crippen LogP contribution in [0, 0.1) is 18.6 Å². The summed E-state index contributed by atoms with van der Waals surface area (Å²) in [5.41, 5.74) is 4.47. The molecule has 0 unspecified atom stereocenters. The molecule has 9 heteroatoms. The Labute approximate surface area is 187 Å². The predicted molar refractivity (Wildman–Crippen MR) is 116 cm³/mol. The van der Waals surface area contributed by atoms with Crippen LogP contribution >= 0.6 is 11.6 Å². The number of carbonyl (C=O) groups is 2. The molecule has 0 bridgehead atoms. The first-order valence-corrected chi connectivity index (χ1v) is 10.2. The quantitative estimate of drug-likeness (QED) is 0.525. The number of furan rings is 1. The first-order valence-electron chi connectivity index (χ1n) is 9.85. The van der Waals surface area contributed by atoms with Gasteiger partial charge in [-0.05, 0) is 50.1 Å². The third-order valence-corrected chi connectivity index (χ3v) is 5.33. The minimum Gasteiger partial charge on any atom is -0.455 e. The molecule has 0 spiro atoms. The molecule has 0 fully saturated rings. The van der Waals surface area contributed by atoms with Crippen molar-refractivity contribution in [3.8, 4) is 0 Å². The second kappa shape index (κ2) is 8.92. The molecule has 1 aromatic heterocycles. The Morgan fingerprint density at radius 3 is 2.66 bits per heavy atom. The number of rotatable bonds is 4. The topological polar surface area (TPSA) is 83.7 Å². The number of hydrogen-bond donors (Lipinski definition) is 2. The molecule has 3 aromatic rings. The first-order chi connectivity index (χ1) is 15.3. The van der Waals surface area contributed by atoms with E-state index in [-0.39, 0.29) is 11.4 Å². The Morgan fingerprint density at radius 1 is 1.09 bits per heavy atom. The van der Waals surface area contributed by atoms with Crippen molar-refractivity contribution in [2.75, 3.05) is 5.32 Å². The molecular weight excluding hydrogens is 440 g/mol. The maximum absolute atomic E-state index is 13.9. The molecule has 32 heavy (non-hydrogen) atoms. The van der Waals surface area contributed by atoms with Crippen LogP contribution in [0.3, 0.4) is 0 Å². The van der Waals surface area contributed by atoms with Gasteiger partial charge in [-0.15, -0.1) is 0 Å². The zero-order chi connectivity index (χ0) is 22.8. The van der Waals surface area contributed by atoms with E-state index in [4.69, 9.17) is 16.0 Å². The van der Waals surface area contributed by atoms with Gasteiger partial charge in [0.2, 0.25) is 0 Å². The Balaban J connectivity index is 1.57. The summed E-state index contributed by atoms with van der Waals surface area (Å²) in [5, 5.41) is 7.09. The van der Waals surface area contributed by atoms with Crippen LogP contribution in [0.4, 0.5) is 14.5 Å². The number of anilines is 1. The van der Waals surface area contributed by atoms with E-state index in [1.165, 1.54) is 6.07 Å². The number of aryl methyl sites for hydroxylation is 1. The zero-order valence-electron chi connectivity index (χ0n) is 17.0. The molecule has 0 saturated heterocycles. The van der Waals surface area contributed by atoms with Gasteiger partial charge in [0.15, 0.2) is 5.76 Å². The van der Waals surface area contributed by atoms with E-state index in [9.17, 15) is 18.4 Å².